The lowest BCUT2D eigenvalue weighted by molar-refractivity contribution is -0.140. The number of aliphatic imine (C=N–C) groups is 1. The number of hydrogen-bond acceptors (Lipinski definition) is 3. The van der Waals surface area contributed by atoms with Crippen LogP contribution in [0.5, 0.6) is 0 Å². The third-order valence-corrected chi connectivity index (χ3v) is 1.06. The third-order valence-electron chi connectivity index (χ3n) is 1.06. The molecule has 0 aromatic carbocycles. The van der Waals surface area contributed by atoms with Gasteiger partial charge in [0.05, 0.1) is 18.8 Å². The Hall–Kier alpha value is -1.06. The Balaban J connectivity index is 0.000000183. The molecular formula is C7H14N2O2. The normalized spacial score (nSPS) is 13.7. The summed E-state index contributed by atoms with van der Waals surface area (Å²) in [6.07, 6.45) is 1.74. The molecule has 1 aliphatic rings. The van der Waals surface area contributed by atoms with E-state index in [2.05, 4.69) is 10.3 Å². The fraction of sp³-hybridized carbons (Fsp3) is 0.714. The fourth-order valence-corrected chi connectivity index (χ4v) is 0.323. The van der Waals surface area contributed by atoms with Gasteiger partial charge in [-0.05, 0) is 0 Å². The van der Waals surface area contributed by atoms with Crippen LogP contribution >= 0.6 is 0 Å². The maximum absolute atomic E-state index is 9.70. The fourth-order valence-electron chi connectivity index (χ4n) is 0.323. The molecule has 0 atom stereocenters. The molecule has 0 amide bonds. The summed E-state index contributed by atoms with van der Waals surface area (Å²) in [6.45, 7) is 5.27. The van der Waals surface area contributed by atoms with Crippen molar-refractivity contribution in [3.8, 4) is 0 Å². The summed E-state index contributed by atoms with van der Waals surface area (Å²) in [5.41, 5.74) is 0. The molecule has 4 heteroatoms. The van der Waals surface area contributed by atoms with Crippen LogP contribution in [0.1, 0.15) is 13.8 Å². The molecule has 64 valence electrons. The number of carboxylic acid groups (broad SMARTS) is 1. The average Bonchev–Trinajstić information content (AvgIpc) is 2.41. The van der Waals surface area contributed by atoms with Crippen LogP contribution in [0.15, 0.2) is 4.99 Å². The average molecular weight is 158 g/mol. The van der Waals surface area contributed by atoms with Crippen molar-refractivity contribution in [1.29, 1.82) is 0 Å². The quantitative estimate of drug-likeness (QED) is 0.578. The van der Waals surface area contributed by atoms with E-state index in [1.807, 2.05) is 0 Å². The number of carbonyl (C=O) groups is 1. The van der Waals surface area contributed by atoms with Crippen molar-refractivity contribution < 1.29 is 9.90 Å². The highest BCUT2D eigenvalue weighted by atomic mass is 16.4. The van der Waals surface area contributed by atoms with Crippen molar-refractivity contribution in [1.82, 2.24) is 5.32 Å². The molecule has 0 fully saturated rings. The van der Waals surface area contributed by atoms with Gasteiger partial charge < -0.3 is 10.4 Å². The molecule has 0 saturated heterocycles. The lowest BCUT2D eigenvalue weighted by Gasteiger charge is -1.89. The summed E-state index contributed by atoms with van der Waals surface area (Å²) in [4.78, 5) is 13.5. The molecule has 1 aliphatic heterocycles. The van der Waals surface area contributed by atoms with Gasteiger partial charge in [0, 0.05) is 6.54 Å². The molecular weight excluding hydrogens is 144 g/mol. The van der Waals surface area contributed by atoms with Gasteiger partial charge in [0.15, 0.2) is 0 Å². The largest absolute Gasteiger partial charge is 0.481 e. The van der Waals surface area contributed by atoms with E-state index in [-0.39, 0.29) is 5.92 Å². The van der Waals surface area contributed by atoms with E-state index < -0.39 is 5.97 Å². The molecule has 4 nitrogen and oxygen atoms in total. The van der Waals surface area contributed by atoms with Crippen molar-refractivity contribution in [2.45, 2.75) is 13.8 Å². The maximum Gasteiger partial charge on any atom is 0.305 e. The number of carboxylic acids is 1. The topological polar surface area (TPSA) is 61.7 Å². The van der Waals surface area contributed by atoms with Crippen molar-refractivity contribution in [3.63, 3.8) is 0 Å². The van der Waals surface area contributed by atoms with Crippen LogP contribution in [0.3, 0.4) is 0 Å². The molecule has 1 heterocycles. The van der Waals surface area contributed by atoms with Crippen molar-refractivity contribution >= 4 is 12.3 Å². The SMILES string of the molecule is C1=NCCN1.CC(C)C(=O)O. The smallest absolute Gasteiger partial charge is 0.305 e. The van der Waals surface area contributed by atoms with Crippen LogP contribution in [-0.4, -0.2) is 30.5 Å². The molecule has 0 spiro atoms. The van der Waals surface area contributed by atoms with E-state index in [0.717, 1.165) is 13.1 Å². The molecule has 1 rings (SSSR count). The first kappa shape index (κ1) is 9.94. The minimum absolute atomic E-state index is 0.231. The lowest BCUT2D eigenvalue weighted by atomic mass is 10.2. The highest BCUT2D eigenvalue weighted by molar-refractivity contribution is 5.68. The first-order valence-electron chi connectivity index (χ1n) is 3.59. The Morgan fingerprint density at radius 2 is 2.27 bits per heavy atom. The second-order valence-electron chi connectivity index (χ2n) is 2.48. The predicted octanol–water partition coefficient (Wildman–Crippen LogP) is 0.345. The molecule has 0 aromatic heterocycles. The number of nitrogens with zero attached hydrogens (tertiary/aromatic N) is 1. The van der Waals surface area contributed by atoms with Gasteiger partial charge in [0.25, 0.3) is 0 Å². The highest BCUT2D eigenvalue weighted by Crippen LogP contribution is 1.87. The van der Waals surface area contributed by atoms with Crippen LogP contribution in [-0.2, 0) is 4.79 Å². The van der Waals surface area contributed by atoms with Crippen LogP contribution in [0.2, 0.25) is 0 Å². The lowest BCUT2D eigenvalue weighted by Crippen LogP contribution is -2.04. The zero-order valence-electron chi connectivity index (χ0n) is 6.87. The van der Waals surface area contributed by atoms with Gasteiger partial charge in [-0.3, -0.25) is 9.79 Å². The van der Waals surface area contributed by atoms with Gasteiger partial charge in [-0.1, -0.05) is 13.8 Å². The van der Waals surface area contributed by atoms with Gasteiger partial charge in [-0.2, -0.15) is 0 Å². The molecule has 11 heavy (non-hydrogen) atoms. The van der Waals surface area contributed by atoms with Crippen LogP contribution in [0.25, 0.3) is 0 Å². The standard InChI is InChI=1S/C4H8O2.C3H6N2/c1-3(2)4(5)6;1-2-5-3-4-1/h3H,1-2H3,(H,5,6);3H,1-2H2,(H,4,5). The zero-order chi connectivity index (χ0) is 8.69. The summed E-state index contributed by atoms with van der Waals surface area (Å²) in [5.74, 6) is -0.972. The molecule has 0 bridgehead atoms. The molecule has 2 N–H and O–H groups in total. The Kier molecular flexibility index (Phi) is 5.15. The summed E-state index contributed by atoms with van der Waals surface area (Å²) in [5, 5.41) is 10.9. The van der Waals surface area contributed by atoms with Gasteiger partial charge in [0.1, 0.15) is 0 Å². The van der Waals surface area contributed by atoms with Crippen LogP contribution in [0.4, 0.5) is 0 Å². The second-order valence-corrected chi connectivity index (χ2v) is 2.48. The third kappa shape index (κ3) is 6.83. The number of aliphatic carboxylic acids is 1. The summed E-state index contributed by atoms with van der Waals surface area (Å²) >= 11 is 0. The van der Waals surface area contributed by atoms with E-state index >= 15 is 0 Å². The summed E-state index contributed by atoms with van der Waals surface area (Å²) in [6, 6.07) is 0. The van der Waals surface area contributed by atoms with Gasteiger partial charge >= 0.3 is 5.97 Å². The summed E-state index contributed by atoms with van der Waals surface area (Å²) in [7, 11) is 0. The number of rotatable bonds is 1. The maximum atomic E-state index is 9.70. The van der Waals surface area contributed by atoms with Crippen molar-refractivity contribution in [3.05, 3.63) is 0 Å². The zero-order valence-corrected chi connectivity index (χ0v) is 6.87. The predicted molar refractivity (Wildman–Crippen MR) is 43.8 cm³/mol. The van der Waals surface area contributed by atoms with Gasteiger partial charge in [-0.25, -0.2) is 0 Å². The Labute approximate surface area is 66.3 Å². The van der Waals surface area contributed by atoms with Crippen molar-refractivity contribution in [2.24, 2.45) is 10.9 Å². The van der Waals surface area contributed by atoms with Gasteiger partial charge in [0.2, 0.25) is 0 Å². The number of nitrogens with one attached hydrogen (secondary N) is 1. The molecule has 0 aliphatic carbocycles. The van der Waals surface area contributed by atoms with Crippen LogP contribution in [0, 0.1) is 5.92 Å². The first-order chi connectivity index (χ1) is 5.14. The monoisotopic (exact) mass is 158 g/mol. The minimum Gasteiger partial charge on any atom is -0.481 e. The first-order valence-corrected chi connectivity index (χ1v) is 3.59. The molecule has 0 unspecified atom stereocenters. The minimum atomic E-state index is -0.741. The molecule has 0 radical (unpaired) electrons. The Bertz CT molecular complexity index is 137. The Morgan fingerprint density at radius 1 is 1.73 bits per heavy atom. The summed E-state index contributed by atoms with van der Waals surface area (Å²) < 4.78 is 0. The van der Waals surface area contributed by atoms with E-state index in [9.17, 15) is 4.79 Å². The van der Waals surface area contributed by atoms with Gasteiger partial charge in [-0.15, -0.1) is 0 Å². The molecule has 0 aromatic rings. The molecule has 0 saturated carbocycles. The van der Waals surface area contributed by atoms with E-state index in [1.54, 1.807) is 20.2 Å². The second kappa shape index (κ2) is 5.70. The van der Waals surface area contributed by atoms with Crippen LogP contribution < -0.4 is 5.32 Å². The van der Waals surface area contributed by atoms with Crippen molar-refractivity contribution in [2.75, 3.05) is 13.1 Å². The Morgan fingerprint density at radius 3 is 2.36 bits per heavy atom. The number of hydrogen-bond donors (Lipinski definition) is 2. The van der Waals surface area contributed by atoms with E-state index in [4.69, 9.17) is 5.11 Å². The van der Waals surface area contributed by atoms with E-state index in [1.165, 1.54) is 0 Å². The van der Waals surface area contributed by atoms with E-state index in [0.29, 0.717) is 0 Å². The highest BCUT2D eigenvalue weighted by Gasteiger charge is 1.99.